The number of nitrogens with one attached hydrogen (secondary N) is 4. The van der Waals surface area contributed by atoms with E-state index in [9.17, 15) is 56.2 Å². The van der Waals surface area contributed by atoms with Crippen LogP contribution in [-0.4, -0.2) is 142 Å². The molecule has 7 amide bonds. The second-order valence-electron chi connectivity index (χ2n) is 17.1. The molecule has 2 saturated heterocycles. The van der Waals surface area contributed by atoms with E-state index in [4.69, 9.17) is 23.2 Å². The number of benzene rings is 1. The van der Waals surface area contributed by atoms with E-state index in [-0.39, 0.29) is 61.5 Å². The standard InChI is InChI=1S/C41H59Cl2F4N7O8/c1-9-16-53-30(19-24-18-25(42)13-14-27(24)43)34(57)51-39(5,6)37(60)48-15-11-10-12-29(32(55)50-28(36(53)59)17-22(2)3)52(8)35(58)23(4)49-33(56)31-20-26(44)21-54(31)38(61)40(7,62)41(45,46)47/h13-14,18,22-23,26,28-31,62H,9-12,15-17,19-21H2,1-8H3,(H,48,60)(H,49,56)(H,50,55)(H,51,57)/t23-,26+,28-,29-,30-,31-,40+/m0/s1. The van der Waals surface area contributed by atoms with Crippen LogP contribution in [0.5, 0.6) is 0 Å². The summed E-state index contributed by atoms with van der Waals surface area (Å²) in [6.45, 7) is 9.15. The van der Waals surface area contributed by atoms with Crippen LogP contribution >= 0.6 is 23.2 Å². The number of nitrogens with zero attached hydrogens (tertiary/aromatic N) is 3. The average molecular weight is 925 g/mol. The highest BCUT2D eigenvalue weighted by atomic mass is 35.5. The molecule has 0 saturated carbocycles. The largest absolute Gasteiger partial charge is 0.426 e. The van der Waals surface area contributed by atoms with Gasteiger partial charge in [0.15, 0.2) is 0 Å². The van der Waals surface area contributed by atoms with Crippen LogP contribution in [0.4, 0.5) is 17.6 Å². The van der Waals surface area contributed by atoms with Crippen molar-refractivity contribution in [3.05, 3.63) is 33.8 Å². The second-order valence-corrected chi connectivity index (χ2v) is 18.0. The summed E-state index contributed by atoms with van der Waals surface area (Å²) in [7, 11) is 1.28. The molecule has 0 radical (unpaired) electrons. The fraction of sp³-hybridized carbons (Fsp3) is 0.683. The van der Waals surface area contributed by atoms with Crippen LogP contribution in [0.1, 0.15) is 92.6 Å². The van der Waals surface area contributed by atoms with Gasteiger partial charge < -0.3 is 41.1 Å². The molecule has 2 heterocycles. The minimum atomic E-state index is -5.44. The SMILES string of the molecule is CCCN1C(=O)[C@H](CC(C)C)NC(=O)[C@@H](N(C)C(=O)[C@H](C)NC(=O)[C@@H]2C[C@@H](F)CN2C(=O)[C@@](C)(O)C(F)(F)F)CCCCNC(=O)C(C)(C)NC(=O)[C@@H]1Cc1cc(Cl)ccc1Cl. The van der Waals surface area contributed by atoms with Crippen molar-refractivity contribution in [2.45, 2.75) is 147 Å². The number of carbonyl (C=O) groups excluding carboxylic acids is 7. The molecule has 3 rings (SSSR count). The quantitative estimate of drug-likeness (QED) is 0.208. The fourth-order valence-electron chi connectivity index (χ4n) is 7.40. The summed E-state index contributed by atoms with van der Waals surface area (Å²) in [4.78, 5) is 99.5. The van der Waals surface area contributed by atoms with E-state index in [2.05, 4.69) is 21.3 Å². The molecule has 5 N–H and O–H groups in total. The zero-order chi connectivity index (χ0) is 47.1. The van der Waals surface area contributed by atoms with Crippen molar-refractivity contribution in [2.75, 3.05) is 26.7 Å². The van der Waals surface area contributed by atoms with Gasteiger partial charge in [0.05, 0.1) is 6.54 Å². The molecule has 2 aliphatic rings. The van der Waals surface area contributed by atoms with E-state index in [0.717, 1.165) is 4.90 Å². The first-order valence-electron chi connectivity index (χ1n) is 20.6. The average Bonchev–Trinajstić information content (AvgIpc) is 3.57. The summed E-state index contributed by atoms with van der Waals surface area (Å²) in [5, 5.41) is 21.3. The van der Waals surface area contributed by atoms with Crippen molar-refractivity contribution in [2.24, 2.45) is 5.92 Å². The third-order valence-corrected chi connectivity index (χ3v) is 11.6. The third-order valence-electron chi connectivity index (χ3n) is 11.0. The molecule has 0 aromatic heterocycles. The molecule has 0 aliphatic carbocycles. The predicted octanol–water partition coefficient (Wildman–Crippen LogP) is 3.45. The maximum Gasteiger partial charge on any atom is 0.426 e. The Morgan fingerprint density at radius 2 is 1.71 bits per heavy atom. The number of alkyl halides is 4. The Hall–Kier alpha value is -4.23. The van der Waals surface area contributed by atoms with Crippen LogP contribution < -0.4 is 21.3 Å². The molecule has 348 valence electrons. The summed E-state index contributed by atoms with van der Waals surface area (Å²) in [5.74, 6) is -6.70. The highest BCUT2D eigenvalue weighted by molar-refractivity contribution is 6.33. The molecule has 15 nitrogen and oxygen atoms in total. The first kappa shape index (κ1) is 52.1. The number of hydrogen-bond donors (Lipinski definition) is 5. The monoisotopic (exact) mass is 923 g/mol. The number of aliphatic hydroxyl groups is 1. The second kappa shape index (κ2) is 21.4. The number of halogens is 6. The van der Waals surface area contributed by atoms with Gasteiger partial charge in [-0.25, -0.2) is 4.39 Å². The first-order valence-corrected chi connectivity index (χ1v) is 21.4. The molecule has 7 atom stereocenters. The van der Waals surface area contributed by atoms with Crippen molar-refractivity contribution < 1.29 is 56.2 Å². The van der Waals surface area contributed by atoms with E-state index in [1.807, 2.05) is 13.8 Å². The Morgan fingerprint density at radius 3 is 2.31 bits per heavy atom. The Labute approximate surface area is 369 Å². The number of rotatable bonds is 11. The van der Waals surface area contributed by atoms with Gasteiger partial charge in [0.2, 0.25) is 41.0 Å². The molecule has 1 aromatic rings. The Bertz CT molecular complexity index is 1840. The van der Waals surface area contributed by atoms with Crippen molar-refractivity contribution in [1.82, 2.24) is 36.0 Å². The zero-order valence-electron chi connectivity index (χ0n) is 36.3. The van der Waals surface area contributed by atoms with Gasteiger partial charge in [-0.2, -0.15) is 13.2 Å². The number of likely N-dealkylation sites (N-methyl/N-ethyl adjacent to an activating group) is 1. The zero-order valence-corrected chi connectivity index (χ0v) is 37.8. The topological polar surface area (TPSA) is 198 Å². The van der Waals surface area contributed by atoms with Crippen molar-refractivity contribution in [1.29, 1.82) is 0 Å². The van der Waals surface area contributed by atoms with Gasteiger partial charge >= 0.3 is 6.18 Å². The van der Waals surface area contributed by atoms with Crippen LogP contribution in [0.3, 0.4) is 0 Å². The Kier molecular flexibility index (Phi) is 18.0. The van der Waals surface area contributed by atoms with Gasteiger partial charge in [0, 0.05) is 43.0 Å². The summed E-state index contributed by atoms with van der Waals surface area (Å²) in [5.41, 5.74) is -4.93. The van der Waals surface area contributed by atoms with Gasteiger partial charge in [0.25, 0.3) is 5.91 Å². The van der Waals surface area contributed by atoms with Crippen molar-refractivity contribution in [3.63, 3.8) is 0 Å². The predicted molar refractivity (Wildman–Crippen MR) is 222 cm³/mol. The van der Waals surface area contributed by atoms with Gasteiger partial charge in [-0.05, 0) is 89.5 Å². The van der Waals surface area contributed by atoms with Gasteiger partial charge in [0.1, 0.15) is 41.9 Å². The van der Waals surface area contributed by atoms with E-state index in [0.29, 0.717) is 23.4 Å². The van der Waals surface area contributed by atoms with Crippen LogP contribution in [0, 0.1) is 5.92 Å². The first-order chi connectivity index (χ1) is 28.6. The van der Waals surface area contributed by atoms with Crippen LogP contribution in [0.2, 0.25) is 10.0 Å². The molecule has 0 spiro atoms. The van der Waals surface area contributed by atoms with Crippen LogP contribution in [-0.2, 0) is 40.0 Å². The summed E-state index contributed by atoms with van der Waals surface area (Å²) >= 11 is 12.8. The smallest absolute Gasteiger partial charge is 0.373 e. The van der Waals surface area contributed by atoms with E-state index in [1.165, 1.54) is 32.7 Å². The number of likely N-dealkylation sites (tertiary alicyclic amines) is 1. The maximum absolute atomic E-state index is 14.7. The summed E-state index contributed by atoms with van der Waals surface area (Å²) in [6, 6.07) is -2.33. The lowest BCUT2D eigenvalue weighted by molar-refractivity contribution is -0.250. The third kappa shape index (κ3) is 12.9. The molecule has 2 aliphatic heterocycles. The van der Waals surface area contributed by atoms with Crippen LogP contribution in [0.25, 0.3) is 0 Å². The Balaban J connectivity index is 2.00. The number of amides is 7. The van der Waals surface area contributed by atoms with E-state index >= 15 is 0 Å². The highest BCUT2D eigenvalue weighted by Crippen LogP contribution is 2.34. The fourth-order valence-corrected chi connectivity index (χ4v) is 7.79. The van der Waals surface area contributed by atoms with Crippen molar-refractivity contribution >= 4 is 64.6 Å². The molecule has 1 aromatic carbocycles. The van der Waals surface area contributed by atoms with Gasteiger partial charge in [-0.1, -0.05) is 44.0 Å². The van der Waals surface area contributed by atoms with E-state index in [1.54, 1.807) is 25.1 Å². The molecule has 2 fully saturated rings. The lowest BCUT2D eigenvalue weighted by atomic mass is 9.96. The molecule has 21 heteroatoms. The molecular weight excluding hydrogens is 865 g/mol. The van der Waals surface area contributed by atoms with E-state index < -0.39 is 108 Å². The van der Waals surface area contributed by atoms with Crippen molar-refractivity contribution in [3.8, 4) is 0 Å². The number of hydrogen-bond acceptors (Lipinski definition) is 8. The maximum atomic E-state index is 14.7. The lowest BCUT2D eigenvalue weighted by Crippen LogP contribution is -2.63. The minimum absolute atomic E-state index is 0.00283. The van der Waals surface area contributed by atoms with Gasteiger partial charge in [-0.15, -0.1) is 0 Å². The lowest BCUT2D eigenvalue weighted by Gasteiger charge is -2.37. The Morgan fingerprint density at radius 1 is 1.06 bits per heavy atom. The molecule has 0 bridgehead atoms. The minimum Gasteiger partial charge on any atom is -0.373 e. The number of carbonyl (C=O) groups is 7. The normalized spacial score (nSPS) is 24.7. The molecule has 0 unspecified atom stereocenters. The molecular formula is C41H59Cl2F4N7O8. The highest BCUT2D eigenvalue weighted by Gasteiger charge is 2.59. The van der Waals surface area contributed by atoms with Gasteiger partial charge in [-0.3, -0.25) is 33.6 Å². The molecule has 62 heavy (non-hydrogen) atoms. The van der Waals surface area contributed by atoms with Crippen LogP contribution in [0.15, 0.2) is 18.2 Å². The summed E-state index contributed by atoms with van der Waals surface area (Å²) < 4.78 is 55.0. The summed E-state index contributed by atoms with van der Waals surface area (Å²) in [6.07, 6.45) is -7.09.